The van der Waals surface area contributed by atoms with Gasteiger partial charge in [0.15, 0.2) is 0 Å². The lowest BCUT2D eigenvalue weighted by Gasteiger charge is -2.29. The molecule has 0 N–H and O–H groups in total. The summed E-state index contributed by atoms with van der Waals surface area (Å²) in [4.78, 5) is 0. The van der Waals surface area contributed by atoms with Crippen molar-refractivity contribution in [2.75, 3.05) is 0 Å². The molecule has 1 aliphatic heterocycles. The van der Waals surface area contributed by atoms with Crippen LogP contribution in [0.1, 0.15) is 37.4 Å². The van der Waals surface area contributed by atoms with Crippen LogP contribution in [0.15, 0.2) is 30.3 Å². The first-order valence-electron chi connectivity index (χ1n) is 5.71. The molecule has 0 amide bonds. The summed E-state index contributed by atoms with van der Waals surface area (Å²) >= 11 is 0. The Morgan fingerprint density at radius 2 is 1.87 bits per heavy atom. The summed E-state index contributed by atoms with van der Waals surface area (Å²) < 4.78 is 11.6. The maximum absolute atomic E-state index is 5.85. The Morgan fingerprint density at radius 1 is 1.13 bits per heavy atom. The Hall–Kier alpha value is -0.795. The van der Waals surface area contributed by atoms with Crippen molar-refractivity contribution in [1.82, 2.24) is 0 Å². The Morgan fingerprint density at radius 3 is 2.60 bits per heavy atom. The molecule has 0 radical (unpaired) electrons. The second kappa shape index (κ2) is 3.65. The van der Waals surface area contributed by atoms with E-state index >= 15 is 0 Å². The first kappa shape index (κ1) is 9.43. The third kappa shape index (κ3) is 1.50. The van der Waals surface area contributed by atoms with Gasteiger partial charge < -0.3 is 9.31 Å². The van der Waals surface area contributed by atoms with E-state index in [-0.39, 0.29) is 11.7 Å². The highest BCUT2D eigenvalue weighted by Gasteiger charge is 2.47. The van der Waals surface area contributed by atoms with Gasteiger partial charge in [0.05, 0.1) is 11.7 Å². The lowest BCUT2D eigenvalue weighted by molar-refractivity contribution is 0.0426. The van der Waals surface area contributed by atoms with E-state index < -0.39 is 0 Å². The Bertz CT molecular complexity index is 327. The first-order valence-corrected chi connectivity index (χ1v) is 5.71. The van der Waals surface area contributed by atoms with E-state index in [1.165, 1.54) is 18.4 Å². The van der Waals surface area contributed by atoms with Gasteiger partial charge in [-0.15, -0.1) is 0 Å². The maximum atomic E-state index is 5.85. The molecule has 15 heavy (non-hydrogen) atoms. The average molecular weight is 202 g/mol. The van der Waals surface area contributed by atoms with E-state index in [2.05, 4.69) is 24.3 Å². The fraction of sp³-hybridized carbons (Fsp3) is 0.500. The van der Waals surface area contributed by atoms with Crippen molar-refractivity contribution in [1.29, 1.82) is 0 Å². The van der Waals surface area contributed by atoms with Crippen LogP contribution >= 0.6 is 0 Å². The van der Waals surface area contributed by atoms with Crippen molar-refractivity contribution in [2.45, 2.75) is 37.4 Å². The standard InChI is InChI=1S/C12H15BO2/c1-2-6-10(7-3-1)11-12(15-13-14-11)8-4-5-9-12/h1-3,6-7,11,13H,4-5,8-9H2/t11-/m1/s1. The summed E-state index contributed by atoms with van der Waals surface area (Å²) in [5.74, 6) is 0. The molecule has 0 aromatic heterocycles. The van der Waals surface area contributed by atoms with Crippen molar-refractivity contribution in [2.24, 2.45) is 0 Å². The molecule has 1 aromatic carbocycles. The average Bonchev–Trinajstić information content (AvgIpc) is 2.91. The van der Waals surface area contributed by atoms with Crippen molar-refractivity contribution in [3.8, 4) is 0 Å². The summed E-state index contributed by atoms with van der Waals surface area (Å²) in [7, 11) is 0.458. The van der Waals surface area contributed by atoms with Gasteiger partial charge in [0.1, 0.15) is 0 Å². The van der Waals surface area contributed by atoms with Crippen LogP contribution in [0.3, 0.4) is 0 Å². The first-order chi connectivity index (χ1) is 7.41. The van der Waals surface area contributed by atoms with Gasteiger partial charge in [-0.1, -0.05) is 43.2 Å². The zero-order valence-electron chi connectivity index (χ0n) is 8.82. The molecule has 1 aromatic rings. The SMILES string of the molecule is B1O[C@H](c2ccccc2)C2(CCCC2)O1. The molecule has 3 heteroatoms. The van der Waals surface area contributed by atoms with Crippen molar-refractivity contribution in [3.63, 3.8) is 0 Å². The second-order valence-electron chi connectivity index (χ2n) is 4.49. The van der Waals surface area contributed by atoms with Gasteiger partial charge in [-0.3, -0.25) is 0 Å². The minimum atomic E-state index is -0.0125. The molecule has 78 valence electrons. The lowest BCUT2D eigenvalue weighted by Crippen LogP contribution is -2.30. The third-order valence-electron chi connectivity index (χ3n) is 3.61. The number of benzene rings is 1. The largest absolute Gasteiger partial charge is 0.439 e. The topological polar surface area (TPSA) is 18.5 Å². The molecule has 1 heterocycles. The zero-order valence-corrected chi connectivity index (χ0v) is 8.82. The predicted molar refractivity (Wildman–Crippen MR) is 59.7 cm³/mol. The summed E-state index contributed by atoms with van der Waals surface area (Å²) in [5.41, 5.74) is 1.25. The Kier molecular flexibility index (Phi) is 2.30. The van der Waals surface area contributed by atoms with E-state index in [1.54, 1.807) is 0 Å². The summed E-state index contributed by atoms with van der Waals surface area (Å²) in [6.45, 7) is 0. The van der Waals surface area contributed by atoms with Crippen LogP contribution < -0.4 is 0 Å². The van der Waals surface area contributed by atoms with Gasteiger partial charge in [-0.25, -0.2) is 0 Å². The normalized spacial score (nSPS) is 28.1. The van der Waals surface area contributed by atoms with E-state index in [1.807, 2.05) is 6.07 Å². The molecule has 2 aliphatic rings. The summed E-state index contributed by atoms with van der Waals surface area (Å²) in [5, 5.41) is 0. The number of rotatable bonds is 1. The quantitative estimate of drug-likeness (QED) is 0.650. The molecule has 2 fully saturated rings. The summed E-state index contributed by atoms with van der Waals surface area (Å²) in [6.07, 6.45) is 4.99. The second-order valence-corrected chi connectivity index (χ2v) is 4.49. The van der Waals surface area contributed by atoms with Crippen LogP contribution in [-0.2, 0) is 9.31 Å². The highest BCUT2D eigenvalue weighted by Crippen LogP contribution is 2.47. The van der Waals surface area contributed by atoms with Crippen LogP contribution in [0.2, 0.25) is 0 Å². The van der Waals surface area contributed by atoms with E-state index in [9.17, 15) is 0 Å². The fourth-order valence-electron chi connectivity index (χ4n) is 2.85. The minimum Gasteiger partial charge on any atom is -0.405 e. The smallest absolute Gasteiger partial charge is 0.405 e. The molecular formula is C12H15BO2. The van der Waals surface area contributed by atoms with Crippen LogP contribution in [0.25, 0.3) is 0 Å². The molecule has 2 nitrogen and oxygen atoms in total. The molecule has 1 saturated heterocycles. The number of hydrogen-bond donors (Lipinski definition) is 0. The monoisotopic (exact) mass is 202 g/mol. The molecular weight excluding hydrogens is 187 g/mol. The molecule has 1 aliphatic carbocycles. The predicted octanol–water partition coefficient (Wildman–Crippen LogP) is 2.35. The van der Waals surface area contributed by atoms with E-state index in [4.69, 9.17) is 9.31 Å². The van der Waals surface area contributed by atoms with Gasteiger partial charge in [-0.2, -0.15) is 0 Å². The summed E-state index contributed by atoms with van der Waals surface area (Å²) in [6, 6.07) is 10.5. The van der Waals surface area contributed by atoms with E-state index in [0.29, 0.717) is 7.69 Å². The highest BCUT2D eigenvalue weighted by atomic mass is 16.6. The van der Waals surface area contributed by atoms with E-state index in [0.717, 1.165) is 12.8 Å². The number of hydrogen-bond acceptors (Lipinski definition) is 2. The van der Waals surface area contributed by atoms with Gasteiger partial charge in [0.25, 0.3) is 0 Å². The highest BCUT2D eigenvalue weighted by molar-refractivity contribution is 6.19. The molecule has 1 atom stereocenters. The molecule has 1 spiro atoms. The van der Waals surface area contributed by atoms with Crippen LogP contribution in [0.4, 0.5) is 0 Å². The molecule has 0 unspecified atom stereocenters. The van der Waals surface area contributed by atoms with Gasteiger partial charge >= 0.3 is 7.69 Å². The molecule has 0 bridgehead atoms. The fourth-order valence-corrected chi connectivity index (χ4v) is 2.85. The van der Waals surface area contributed by atoms with Gasteiger partial charge in [0.2, 0.25) is 0 Å². The van der Waals surface area contributed by atoms with Crippen LogP contribution in [0, 0.1) is 0 Å². The van der Waals surface area contributed by atoms with Crippen molar-refractivity contribution in [3.05, 3.63) is 35.9 Å². The zero-order chi connectivity index (χ0) is 10.1. The van der Waals surface area contributed by atoms with Crippen LogP contribution in [0.5, 0.6) is 0 Å². The Balaban J connectivity index is 1.92. The minimum absolute atomic E-state index is 0.0125. The van der Waals surface area contributed by atoms with Crippen molar-refractivity contribution < 1.29 is 9.31 Å². The lowest BCUT2D eigenvalue weighted by atomic mass is 9.90. The van der Waals surface area contributed by atoms with Crippen LogP contribution in [-0.4, -0.2) is 13.3 Å². The van der Waals surface area contributed by atoms with Gasteiger partial charge in [0, 0.05) is 0 Å². The third-order valence-corrected chi connectivity index (χ3v) is 3.61. The Labute approximate surface area is 90.9 Å². The molecule has 3 rings (SSSR count). The van der Waals surface area contributed by atoms with Gasteiger partial charge in [-0.05, 0) is 18.4 Å². The van der Waals surface area contributed by atoms with Crippen molar-refractivity contribution >= 4 is 7.69 Å². The molecule has 1 saturated carbocycles. The maximum Gasteiger partial charge on any atom is 0.439 e.